The second kappa shape index (κ2) is 6.48. The summed E-state index contributed by atoms with van der Waals surface area (Å²) in [6, 6.07) is 9.37. The van der Waals surface area contributed by atoms with Gasteiger partial charge in [-0.2, -0.15) is 0 Å². The maximum Gasteiger partial charge on any atom is 0.322 e. The van der Waals surface area contributed by atoms with E-state index in [4.69, 9.17) is 4.74 Å². The van der Waals surface area contributed by atoms with E-state index in [1.54, 1.807) is 12.1 Å². The number of ether oxygens (including phenoxy) is 1. The molecule has 1 N–H and O–H groups in total. The minimum Gasteiger partial charge on any atom is -0.486 e. The Hall–Kier alpha value is -2.83. The molecule has 1 aromatic heterocycles. The lowest BCUT2D eigenvalue weighted by atomic mass is 10.2. The first-order chi connectivity index (χ1) is 12.5. The first-order valence-corrected chi connectivity index (χ1v) is 8.71. The van der Waals surface area contributed by atoms with Crippen LogP contribution in [0.2, 0.25) is 0 Å². The van der Waals surface area contributed by atoms with Gasteiger partial charge in [-0.05, 0) is 38.0 Å². The highest BCUT2D eigenvalue weighted by Crippen LogP contribution is 2.35. The average molecular weight is 357 g/mol. The molecule has 0 radical (unpaired) electrons. The van der Waals surface area contributed by atoms with E-state index >= 15 is 0 Å². The largest absolute Gasteiger partial charge is 0.486 e. The van der Waals surface area contributed by atoms with Crippen LogP contribution in [-0.4, -0.2) is 34.7 Å². The first kappa shape index (κ1) is 16.6. The van der Waals surface area contributed by atoms with Gasteiger partial charge in [0.2, 0.25) is 0 Å². The van der Waals surface area contributed by atoms with Crippen LogP contribution >= 0.6 is 0 Å². The number of pyridine rings is 1. The maximum atomic E-state index is 13.6. The van der Waals surface area contributed by atoms with E-state index in [1.807, 2.05) is 17.6 Å². The Balaban J connectivity index is 1.33. The van der Waals surface area contributed by atoms with E-state index in [0.29, 0.717) is 24.9 Å². The van der Waals surface area contributed by atoms with Crippen LogP contribution in [0.25, 0.3) is 0 Å². The van der Waals surface area contributed by atoms with Crippen LogP contribution in [-0.2, 0) is 0 Å². The van der Waals surface area contributed by atoms with E-state index < -0.39 is 5.82 Å². The van der Waals surface area contributed by atoms with Crippen LogP contribution in [0.1, 0.15) is 24.6 Å². The number of carbonyl (C=O) groups excluding carboxylic acids is 1. The van der Waals surface area contributed by atoms with Crippen molar-refractivity contribution in [1.82, 2.24) is 9.47 Å². The summed E-state index contributed by atoms with van der Waals surface area (Å²) >= 11 is 0. The number of rotatable bonds is 4. The molecule has 1 aliphatic heterocycles. The molecule has 2 heterocycles. The molecule has 2 aliphatic rings. The molecule has 2 aromatic rings. The van der Waals surface area contributed by atoms with Crippen molar-refractivity contribution >= 4 is 11.7 Å². The Morgan fingerprint density at radius 1 is 1.23 bits per heavy atom. The lowest BCUT2D eigenvalue weighted by molar-refractivity contribution is 0.0490. The van der Waals surface area contributed by atoms with E-state index in [9.17, 15) is 14.0 Å². The molecule has 2 amide bonds. The van der Waals surface area contributed by atoms with Crippen LogP contribution < -0.4 is 15.6 Å². The standard InChI is InChI=1S/C19H20FN3O3/c1-12-8-14(9-18(24)23(12)13-6-7-13)26-15-10-22(11-15)19(25)21-17-5-3-2-4-16(17)20/h2-5,8-9,13,15H,6-7,10-11H2,1H3,(H,21,25). The van der Waals surface area contributed by atoms with Crippen LogP contribution in [0.5, 0.6) is 5.75 Å². The van der Waals surface area contributed by atoms with Gasteiger partial charge in [-0.25, -0.2) is 9.18 Å². The Morgan fingerprint density at radius 3 is 2.62 bits per heavy atom. The van der Waals surface area contributed by atoms with Gasteiger partial charge >= 0.3 is 6.03 Å². The van der Waals surface area contributed by atoms with Crippen LogP contribution in [0.4, 0.5) is 14.9 Å². The zero-order valence-electron chi connectivity index (χ0n) is 14.4. The maximum absolute atomic E-state index is 13.6. The van der Waals surface area contributed by atoms with Gasteiger partial charge in [0.1, 0.15) is 17.7 Å². The lowest BCUT2D eigenvalue weighted by Crippen LogP contribution is -2.57. The smallest absolute Gasteiger partial charge is 0.322 e. The van der Waals surface area contributed by atoms with E-state index in [1.165, 1.54) is 23.1 Å². The molecule has 6 nitrogen and oxygen atoms in total. The molecular formula is C19H20FN3O3. The van der Waals surface area contributed by atoms with Gasteiger partial charge in [0.05, 0.1) is 18.8 Å². The number of nitrogens with zero attached hydrogens (tertiary/aromatic N) is 2. The number of likely N-dealkylation sites (tertiary alicyclic amines) is 1. The first-order valence-electron chi connectivity index (χ1n) is 8.71. The van der Waals surface area contributed by atoms with Crippen molar-refractivity contribution in [2.75, 3.05) is 18.4 Å². The van der Waals surface area contributed by atoms with Crippen LogP contribution in [0.3, 0.4) is 0 Å². The van der Waals surface area contributed by atoms with Gasteiger partial charge in [0.25, 0.3) is 5.56 Å². The molecule has 7 heteroatoms. The molecule has 0 bridgehead atoms. The third-order valence-corrected chi connectivity index (χ3v) is 4.70. The van der Waals surface area contributed by atoms with Gasteiger partial charge < -0.3 is 19.5 Å². The molecule has 0 unspecified atom stereocenters. The predicted octanol–water partition coefficient (Wildman–Crippen LogP) is 2.93. The third kappa shape index (κ3) is 3.29. The van der Waals surface area contributed by atoms with Crippen molar-refractivity contribution in [2.24, 2.45) is 0 Å². The Morgan fingerprint density at radius 2 is 1.96 bits per heavy atom. The minimum absolute atomic E-state index is 0.0454. The Kier molecular flexibility index (Phi) is 4.14. The molecule has 26 heavy (non-hydrogen) atoms. The topological polar surface area (TPSA) is 63.6 Å². The van der Waals surface area contributed by atoms with Crippen LogP contribution in [0.15, 0.2) is 41.2 Å². The molecule has 4 rings (SSSR count). The second-order valence-corrected chi connectivity index (χ2v) is 6.83. The van der Waals surface area contributed by atoms with E-state index in [2.05, 4.69) is 5.32 Å². The fraction of sp³-hybridized carbons (Fsp3) is 0.368. The number of para-hydroxylation sites is 1. The number of urea groups is 1. The van der Waals surface area contributed by atoms with Gasteiger partial charge in [0.15, 0.2) is 0 Å². The molecule has 136 valence electrons. The molecule has 1 saturated carbocycles. The van der Waals surface area contributed by atoms with Crippen molar-refractivity contribution < 1.29 is 13.9 Å². The number of carbonyl (C=O) groups is 1. The number of hydrogen-bond acceptors (Lipinski definition) is 3. The fourth-order valence-corrected chi connectivity index (χ4v) is 3.18. The summed E-state index contributed by atoms with van der Waals surface area (Å²) in [5, 5.41) is 2.54. The number of hydrogen-bond donors (Lipinski definition) is 1. The highest BCUT2D eigenvalue weighted by Gasteiger charge is 2.33. The average Bonchev–Trinajstić information content (AvgIpc) is 3.36. The molecular weight excluding hydrogens is 337 g/mol. The van der Waals surface area contributed by atoms with Crippen molar-refractivity contribution in [3.63, 3.8) is 0 Å². The predicted molar refractivity (Wildman–Crippen MR) is 95.1 cm³/mol. The van der Waals surface area contributed by atoms with E-state index in [-0.39, 0.29) is 23.4 Å². The summed E-state index contributed by atoms with van der Waals surface area (Å²) < 4.78 is 21.2. The molecule has 0 atom stereocenters. The SMILES string of the molecule is Cc1cc(OC2CN(C(=O)Nc3ccccc3F)C2)cc(=O)n1C1CC1. The molecule has 1 aliphatic carbocycles. The number of anilines is 1. The third-order valence-electron chi connectivity index (χ3n) is 4.70. The molecule has 1 aromatic carbocycles. The minimum atomic E-state index is -0.471. The highest BCUT2D eigenvalue weighted by atomic mass is 19.1. The fourth-order valence-electron chi connectivity index (χ4n) is 3.18. The summed E-state index contributed by atoms with van der Waals surface area (Å²) in [5.74, 6) is 0.0597. The van der Waals surface area contributed by atoms with Gasteiger partial charge in [-0.3, -0.25) is 4.79 Å². The summed E-state index contributed by atoms with van der Waals surface area (Å²) in [7, 11) is 0. The van der Waals surface area contributed by atoms with Crippen molar-refractivity contribution in [1.29, 1.82) is 0 Å². The Labute approximate surface area is 150 Å². The van der Waals surface area contributed by atoms with Crippen molar-refractivity contribution in [2.45, 2.75) is 31.9 Å². The van der Waals surface area contributed by atoms with Gasteiger partial charge in [0, 0.05) is 17.8 Å². The molecule has 1 saturated heterocycles. The van der Waals surface area contributed by atoms with Gasteiger partial charge in [-0.1, -0.05) is 12.1 Å². The number of halogens is 1. The summed E-state index contributed by atoms with van der Waals surface area (Å²) in [6.07, 6.45) is 1.93. The monoisotopic (exact) mass is 357 g/mol. The van der Waals surface area contributed by atoms with Crippen LogP contribution in [0, 0.1) is 12.7 Å². The Bertz CT molecular complexity index is 901. The number of benzene rings is 1. The number of amides is 2. The normalized spacial score (nSPS) is 16.9. The lowest BCUT2D eigenvalue weighted by Gasteiger charge is -2.38. The summed E-state index contributed by atoms with van der Waals surface area (Å²) in [6.45, 7) is 2.69. The number of aryl methyl sites for hydroxylation is 1. The highest BCUT2D eigenvalue weighted by molar-refractivity contribution is 5.90. The number of aromatic nitrogens is 1. The van der Waals surface area contributed by atoms with Gasteiger partial charge in [-0.15, -0.1) is 0 Å². The zero-order chi connectivity index (χ0) is 18.3. The zero-order valence-corrected chi connectivity index (χ0v) is 14.4. The summed E-state index contributed by atoms with van der Waals surface area (Å²) in [4.78, 5) is 25.9. The quantitative estimate of drug-likeness (QED) is 0.915. The van der Waals surface area contributed by atoms with E-state index in [0.717, 1.165) is 18.5 Å². The second-order valence-electron chi connectivity index (χ2n) is 6.83. The van der Waals surface area contributed by atoms with Crippen molar-refractivity contribution in [3.05, 3.63) is 58.3 Å². The molecule has 2 fully saturated rings. The molecule has 0 spiro atoms. The summed E-state index contributed by atoms with van der Waals surface area (Å²) in [5.41, 5.74) is 1.00. The van der Waals surface area contributed by atoms with Crippen molar-refractivity contribution in [3.8, 4) is 5.75 Å². The number of nitrogens with one attached hydrogen (secondary N) is 1.